The Morgan fingerprint density at radius 3 is 2.43 bits per heavy atom. The number of carboxylic acid groups (broad SMARTS) is 1. The molecular formula is C23H18F3NO3. The van der Waals surface area contributed by atoms with Gasteiger partial charge in [-0.15, -0.1) is 0 Å². The molecular weight excluding hydrogens is 395 g/mol. The van der Waals surface area contributed by atoms with Crippen molar-refractivity contribution in [2.24, 2.45) is 5.16 Å². The average molecular weight is 413 g/mol. The highest BCUT2D eigenvalue weighted by Crippen LogP contribution is 2.25. The lowest BCUT2D eigenvalue weighted by atomic mass is 10.00. The average Bonchev–Trinajstić information content (AvgIpc) is 2.73. The molecule has 0 aliphatic heterocycles. The van der Waals surface area contributed by atoms with E-state index in [-0.39, 0.29) is 6.42 Å². The van der Waals surface area contributed by atoms with E-state index in [9.17, 15) is 18.0 Å². The van der Waals surface area contributed by atoms with Crippen LogP contribution in [0, 0.1) is 11.6 Å². The number of halogens is 3. The van der Waals surface area contributed by atoms with Gasteiger partial charge < -0.3 is 9.94 Å². The molecule has 0 aliphatic carbocycles. The van der Waals surface area contributed by atoms with Crippen molar-refractivity contribution in [3.8, 4) is 11.1 Å². The van der Waals surface area contributed by atoms with Gasteiger partial charge in [-0.25, -0.2) is 8.78 Å². The summed E-state index contributed by atoms with van der Waals surface area (Å²) >= 11 is 0. The highest BCUT2D eigenvalue weighted by Gasteiger charge is 2.19. The lowest BCUT2D eigenvalue weighted by Crippen LogP contribution is -2.02. The van der Waals surface area contributed by atoms with Crippen LogP contribution in [0.25, 0.3) is 11.1 Å². The number of nitrogens with zero attached hydrogens (tertiary/aromatic N) is 1. The second-order valence-corrected chi connectivity index (χ2v) is 6.59. The first kappa shape index (κ1) is 21.1. The van der Waals surface area contributed by atoms with E-state index in [1.165, 1.54) is 6.07 Å². The van der Waals surface area contributed by atoms with E-state index in [2.05, 4.69) is 5.16 Å². The predicted octanol–water partition coefficient (Wildman–Crippen LogP) is 5.67. The minimum absolute atomic E-state index is 0.0642. The number of hydrogen-bond acceptors (Lipinski definition) is 3. The van der Waals surface area contributed by atoms with Gasteiger partial charge in [0, 0.05) is 0 Å². The number of alkyl halides is 1. The number of oxime groups is 1. The number of aliphatic carboxylic acids is 1. The number of rotatable bonds is 7. The first-order valence-corrected chi connectivity index (χ1v) is 9.05. The molecule has 0 radical (unpaired) electrons. The van der Waals surface area contributed by atoms with E-state index in [0.717, 1.165) is 23.3 Å². The van der Waals surface area contributed by atoms with Gasteiger partial charge in [-0.2, -0.15) is 4.39 Å². The number of carbonyl (C=O) groups is 1. The number of carboxylic acids is 1. The minimum Gasteiger partial charge on any atom is -0.481 e. The molecule has 1 N–H and O–H groups in total. The molecule has 1 unspecified atom stereocenters. The fourth-order valence-corrected chi connectivity index (χ4v) is 2.87. The van der Waals surface area contributed by atoms with Crippen LogP contribution in [-0.4, -0.2) is 16.8 Å². The van der Waals surface area contributed by atoms with Crippen molar-refractivity contribution in [1.82, 2.24) is 0 Å². The summed E-state index contributed by atoms with van der Waals surface area (Å²) in [7, 11) is 0. The Balaban J connectivity index is 1.72. The summed E-state index contributed by atoms with van der Waals surface area (Å²) in [5.74, 6) is -3.38. The van der Waals surface area contributed by atoms with Crippen LogP contribution >= 0.6 is 0 Å². The van der Waals surface area contributed by atoms with Gasteiger partial charge in [0.15, 0.2) is 11.6 Å². The second kappa shape index (κ2) is 9.26. The van der Waals surface area contributed by atoms with Crippen LogP contribution < -0.4 is 0 Å². The predicted molar refractivity (Wildman–Crippen MR) is 107 cm³/mol. The van der Waals surface area contributed by atoms with Crippen molar-refractivity contribution >= 4 is 11.7 Å². The second-order valence-electron chi connectivity index (χ2n) is 6.59. The highest BCUT2D eigenvalue weighted by atomic mass is 19.2. The first-order chi connectivity index (χ1) is 14.3. The van der Waals surface area contributed by atoms with Crippen molar-refractivity contribution in [1.29, 1.82) is 0 Å². The molecule has 0 heterocycles. The van der Waals surface area contributed by atoms with Crippen LogP contribution in [0.15, 0.2) is 71.9 Å². The molecule has 30 heavy (non-hydrogen) atoms. The Morgan fingerprint density at radius 2 is 1.73 bits per heavy atom. The molecule has 4 nitrogen and oxygen atoms in total. The molecule has 0 fully saturated rings. The lowest BCUT2D eigenvalue weighted by Gasteiger charge is -2.09. The summed E-state index contributed by atoms with van der Waals surface area (Å²) in [5.41, 5.74) is 2.84. The Bertz CT molecular complexity index is 1080. The molecule has 0 saturated carbocycles. The first-order valence-electron chi connectivity index (χ1n) is 9.05. The van der Waals surface area contributed by atoms with E-state index in [0.29, 0.717) is 16.8 Å². The zero-order chi connectivity index (χ0) is 21.7. The van der Waals surface area contributed by atoms with Crippen molar-refractivity contribution in [2.75, 3.05) is 0 Å². The van der Waals surface area contributed by atoms with E-state index in [4.69, 9.17) is 9.94 Å². The summed E-state index contributed by atoms with van der Waals surface area (Å²) in [4.78, 5) is 15.6. The molecule has 3 rings (SSSR count). The quantitative estimate of drug-likeness (QED) is 0.401. The Hall–Kier alpha value is -3.61. The smallest absolute Gasteiger partial charge is 0.307 e. The number of hydrogen-bond donors (Lipinski definition) is 1. The molecule has 1 atom stereocenters. The van der Waals surface area contributed by atoms with Gasteiger partial charge in [0.2, 0.25) is 0 Å². The van der Waals surface area contributed by atoms with Gasteiger partial charge in [0.1, 0.15) is 0 Å². The SMILES string of the molecule is CC(=NOC(F)c1cccc(F)c1F)c1ccc(-c2cccc(CC(=O)O)c2)cc1. The zero-order valence-corrected chi connectivity index (χ0v) is 16.0. The van der Waals surface area contributed by atoms with Crippen molar-refractivity contribution in [3.63, 3.8) is 0 Å². The topological polar surface area (TPSA) is 58.9 Å². The summed E-state index contributed by atoms with van der Waals surface area (Å²) in [6, 6.07) is 17.5. The maximum atomic E-state index is 14.1. The van der Waals surface area contributed by atoms with Crippen molar-refractivity contribution in [2.45, 2.75) is 19.7 Å². The molecule has 0 aromatic heterocycles. The minimum atomic E-state index is -2.24. The van der Waals surface area contributed by atoms with Gasteiger partial charge in [0.05, 0.1) is 17.7 Å². The molecule has 3 aromatic carbocycles. The third kappa shape index (κ3) is 5.05. The Labute approximate surface area is 171 Å². The number of benzene rings is 3. The molecule has 0 aliphatic rings. The van der Waals surface area contributed by atoms with E-state index >= 15 is 0 Å². The monoisotopic (exact) mass is 413 g/mol. The van der Waals surface area contributed by atoms with Gasteiger partial charge in [0.25, 0.3) is 6.36 Å². The normalized spacial score (nSPS) is 12.5. The van der Waals surface area contributed by atoms with Crippen LogP contribution in [0.5, 0.6) is 0 Å². The summed E-state index contributed by atoms with van der Waals surface area (Å²) < 4.78 is 40.9. The van der Waals surface area contributed by atoms with Gasteiger partial charge in [-0.05, 0) is 41.3 Å². The van der Waals surface area contributed by atoms with Crippen molar-refractivity contribution < 1.29 is 27.9 Å². The maximum Gasteiger partial charge on any atom is 0.307 e. The van der Waals surface area contributed by atoms with Crippen LogP contribution in [0.4, 0.5) is 13.2 Å². The molecule has 7 heteroatoms. The maximum absolute atomic E-state index is 14.1. The van der Waals surface area contributed by atoms with Crippen LogP contribution in [0.1, 0.15) is 30.0 Å². The van der Waals surface area contributed by atoms with Crippen molar-refractivity contribution in [3.05, 3.63) is 95.1 Å². The fourth-order valence-electron chi connectivity index (χ4n) is 2.87. The van der Waals surface area contributed by atoms with Gasteiger partial charge in [-0.3, -0.25) is 4.79 Å². The van der Waals surface area contributed by atoms with Crippen LogP contribution in [-0.2, 0) is 16.1 Å². The third-order valence-corrected chi connectivity index (χ3v) is 4.43. The van der Waals surface area contributed by atoms with Gasteiger partial charge in [-0.1, -0.05) is 59.8 Å². The van der Waals surface area contributed by atoms with E-state index in [1.54, 1.807) is 37.3 Å². The largest absolute Gasteiger partial charge is 0.481 e. The lowest BCUT2D eigenvalue weighted by molar-refractivity contribution is -0.136. The Kier molecular flexibility index (Phi) is 6.51. The summed E-state index contributed by atoms with van der Waals surface area (Å²) in [6.07, 6.45) is -2.31. The molecule has 0 spiro atoms. The molecule has 0 amide bonds. The summed E-state index contributed by atoms with van der Waals surface area (Å²) in [5, 5.41) is 12.6. The van der Waals surface area contributed by atoms with Crippen LogP contribution in [0.3, 0.4) is 0 Å². The zero-order valence-electron chi connectivity index (χ0n) is 16.0. The molecule has 154 valence electrons. The molecule has 3 aromatic rings. The molecule has 0 saturated heterocycles. The van der Waals surface area contributed by atoms with E-state index in [1.807, 2.05) is 18.2 Å². The fraction of sp³-hybridized carbons (Fsp3) is 0.130. The standard InChI is InChI=1S/C23H18F3NO3/c1-14(27-30-23(26)19-6-3-7-20(24)22(19)25)16-8-10-17(11-9-16)18-5-2-4-15(12-18)13-21(28)29/h2-12,23H,13H2,1H3,(H,28,29). The third-order valence-electron chi connectivity index (χ3n) is 4.43. The Morgan fingerprint density at radius 1 is 1.03 bits per heavy atom. The van der Waals surface area contributed by atoms with Crippen LogP contribution in [0.2, 0.25) is 0 Å². The highest BCUT2D eigenvalue weighted by molar-refractivity contribution is 5.98. The van der Waals surface area contributed by atoms with E-state index < -0.39 is 29.5 Å². The van der Waals surface area contributed by atoms with Gasteiger partial charge >= 0.3 is 5.97 Å². The summed E-state index contributed by atoms with van der Waals surface area (Å²) in [6.45, 7) is 1.59. The molecule has 0 bridgehead atoms.